The lowest BCUT2D eigenvalue weighted by Crippen LogP contribution is -2.35. The zero-order chi connectivity index (χ0) is 25.5. The second kappa shape index (κ2) is 9.36. The van der Waals surface area contributed by atoms with Crippen LogP contribution in [0.2, 0.25) is 0 Å². The molecule has 1 amide bonds. The molecule has 2 aliphatic rings. The lowest BCUT2D eigenvalue weighted by atomic mass is 9.96. The standard InChI is InChI=1S/C27H26N6O4/c1-16(34)32-8-5-24-22(15-32)25(31-33(24)19-6-9-37-10-7-19)20-4-2-3-17-11-23(28-14-21(17)20)18-12-29-26(27(35)36)30-13-18/h2-4,11-14,19H,5-10,15H2,1H3,(H,35,36). The van der Waals surface area contributed by atoms with Gasteiger partial charge in [-0.3, -0.25) is 14.5 Å². The first-order valence-electron chi connectivity index (χ1n) is 12.4. The van der Waals surface area contributed by atoms with Crippen LogP contribution in [0.4, 0.5) is 0 Å². The minimum absolute atomic E-state index is 0.0655. The molecule has 0 unspecified atom stereocenters. The summed E-state index contributed by atoms with van der Waals surface area (Å²) in [6.45, 7) is 4.31. The number of hydrogen-bond donors (Lipinski definition) is 1. The van der Waals surface area contributed by atoms with Gasteiger partial charge in [0.1, 0.15) is 0 Å². The average Bonchev–Trinajstić information content (AvgIpc) is 3.31. The van der Waals surface area contributed by atoms with Gasteiger partial charge in [0.2, 0.25) is 11.7 Å². The highest BCUT2D eigenvalue weighted by Crippen LogP contribution is 2.37. The number of rotatable bonds is 4. The molecule has 188 valence electrons. The molecule has 4 aromatic rings. The normalized spacial score (nSPS) is 16.1. The van der Waals surface area contributed by atoms with Crippen molar-refractivity contribution >= 4 is 22.6 Å². The Bertz CT molecular complexity index is 1510. The predicted molar refractivity (Wildman–Crippen MR) is 135 cm³/mol. The molecule has 1 saturated heterocycles. The third-order valence-corrected chi connectivity index (χ3v) is 7.23. The maximum absolute atomic E-state index is 12.2. The third kappa shape index (κ3) is 4.23. The van der Waals surface area contributed by atoms with E-state index in [1.54, 1.807) is 6.92 Å². The topological polar surface area (TPSA) is 123 Å². The molecule has 0 atom stereocenters. The summed E-state index contributed by atoms with van der Waals surface area (Å²) < 4.78 is 7.78. The minimum atomic E-state index is -1.17. The van der Waals surface area contributed by atoms with Gasteiger partial charge in [-0.05, 0) is 24.3 Å². The Balaban J connectivity index is 1.44. The molecule has 3 aromatic heterocycles. The van der Waals surface area contributed by atoms with Crippen molar-refractivity contribution in [3.63, 3.8) is 0 Å². The summed E-state index contributed by atoms with van der Waals surface area (Å²) in [7, 11) is 0. The van der Waals surface area contributed by atoms with Crippen LogP contribution in [0.5, 0.6) is 0 Å². The Hall–Kier alpha value is -4.18. The van der Waals surface area contributed by atoms with Crippen LogP contribution in [-0.2, 0) is 22.5 Å². The van der Waals surface area contributed by atoms with Crippen molar-refractivity contribution in [2.24, 2.45) is 0 Å². The summed E-state index contributed by atoms with van der Waals surface area (Å²) in [5.41, 5.74) is 5.46. The summed E-state index contributed by atoms with van der Waals surface area (Å²) in [6, 6.07) is 8.30. The highest BCUT2D eigenvalue weighted by atomic mass is 16.5. The van der Waals surface area contributed by atoms with Gasteiger partial charge in [-0.25, -0.2) is 14.8 Å². The van der Waals surface area contributed by atoms with Gasteiger partial charge in [0.15, 0.2) is 0 Å². The molecule has 0 bridgehead atoms. The summed E-state index contributed by atoms with van der Waals surface area (Å²) in [4.78, 5) is 37.7. The smallest absolute Gasteiger partial charge is 0.373 e. The van der Waals surface area contributed by atoms with E-state index < -0.39 is 5.97 Å². The second-order valence-corrected chi connectivity index (χ2v) is 9.45. The van der Waals surface area contributed by atoms with Crippen molar-refractivity contribution < 1.29 is 19.4 Å². The van der Waals surface area contributed by atoms with E-state index in [1.165, 1.54) is 18.1 Å². The van der Waals surface area contributed by atoms with Gasteiger partial charge < -0.3 is 14.7 Å². The van der Waals surface area contributed by atoms with Gasteiger partial charge in [0.05, 0.1) is 17.4 Å². The molecule has 6 rings (SSSR count). The molecule has 5 heterocycles. The number of nitrogens with zero attached hydrogens (tertiary/aromatic N) is 6. The Kier molecular flexibility index (Phi) is 5.88. The van der Waals surface area contributed by atoms with E-state index in [4.69, 9.17) is 14.9 Å². The van der Waals surface area contributed by atoms with Crippen LogP contribution < -0.4 is 0 Å². The SMILES string of the molecule is CC(=O)N1CCc2c(c(-c3cccc4cc(-c5cnc(C(=O)O)nc5)ncc34)nn2C2CCOCC2)C1. The molecule has 37 heavy (non-hydrogen) atoms. The Morgan fingerprint density at radius 3 is 2.59 bits per heavy atom. The van der Waals surface area contributed by atoms with Crippen molar-refractivity contribution in [2.75, 3.05) is 19.8 Å². The zero-order valence-corrected chi connectivity index (χ0v) is 20.4. The average molecular weight is 499 g/mol. The first kappa shape index (κ1) is 23.2. The van der Waals surface area contributed by atoms with Crippen LogP contribution in [0.25, 0.3) is 33.3 Å². The van der Waals surface area contributed by atoms with Crippen molar-refractivity contribution in [1.82, 2.24) is 29.6 Å². The summed E-state index contributed by atoms with van der Waals surface area (Å²) in [5.74, 6) is -1.36. The van der Waals surface area contributed by atoms with Gasteiger partial charge in [-0.15, -0.1) is 0 Å². The van der Waals surface area contributed by atoms with E-state index in [0.717, 1.165) is 60.1 Å². The maximum Gasteiger partial charge on any atom is 0.373 e. The van der Waals surface area contributed by atoms with E-state index in [9.17, 15) is 9.59 Å². The molecule has 10 heteroatoms. The first-order valence-corrected chi connectivity index (χ1v) is 12.4. The number of carboxylic acid groups (broad SMARTS) is 1. The molecule has 0 saturated carbocycles. The number of carbonyl (C=O) groups excluding carboxylic acids is 1. The predicted octanol–water partition coefficient (Wildman–Crippen LogP) is 3.51. The highest BCUT2D eigenvalue weighted by molar-refractivity contribution is 5.97. The van der Waals surface area contributed by atoms with Crippen LogP contribution in [0.1, 0.15) is 47.7 Å². The number of amides is 1. The molecule has 0 spiro atoms. The molecule has 0 radical (unpaired) electrons. The lowest BCUT2D eigenvalue weighted by Gasteiger charge is -2.29. The van der Waals surface area contributed by atoms with E-state index in [0.29, 0.717) is 24.3 Å². The summed E-state index contributed by atoms with van der Waals surface area (Å²) in [5, 5.41) is 16.1. The molecule has 1 aromatic carbocycles. The van der Waals surface area contributed by atoms with E-state index in [-0.39, 0.29) is 17.8 Å². The Morgan fingerprint density at radius 2 is 1.86 bits per heavy atom. The Labute approximate surface area is 212 Å². The van der Waals surface area contributed by atoms with E-state index in [1.807, 2.05) is 29.3 Å². The monoisotopic (exact) mass is 498 g/mol. The number of aromatic carboxylic acids is 1. The molecule has 10 nitrogen and oxygen atoms in total. The van der Waals surface area contributed by atoms with Crippen molar-refractivity contribution in [1.29, 1.82) is 0 Å². The fourth-order valence-corrected chi connectivity index (χ4v) is 5.27. The van der Waals surface area contributed by atoms with Crippen molar-refractivity contribution in [3.05, 3.63) is 59.9 Å². The van der Waals surface area contributed by atoms with Crippen molar-refractivity contribution in [2.45, 2.75) is 38.8 Å². The molecule has 0 aliphatic carbocycles. The number of fused-ring (bicyclic) bond motifs is 2. The quantitative estimate of drug-likeness (QED) is 0.453. The fraction of sp³-hybridized carbons (Fsp3) is 0.333. The lowest BCUT2D eigenvalue weighted by molar-refractivity contribution is -0.129. The van der Waals surface area contributed by atoms with Crippen LogP contribution in [0, 0.1) is 0 Å². The highest BCUT2D eigenvalue weighted by Gasteiger charge is 2.30. The van der Waals surface area contributed by atoms with Crippen LogP contribution in [0.3, 0.4) is 0 Å². The van der Waals surface area contributed by atoms with Gasteiger partial charge >= 0.3 is 5.97 Å². The van der Waals surface area contributed by atoms with Crippen LogP contribution in [-0.4, -0.2) is 66.4 Å². The largest absolute Gasteiger partial charge is 0.475 e. The summed E-state index contributed by atoms with van der Waals surface area (Å²) in [6.07, 6.45) is 7.38. The first-order chi connectivity index (χ1) is 18.0. The number of benzene rings is 1. The van der Waals surface area contributed by atoms with Gasteiger partial charge in [-0.2, -0.15) is 5.10 Å². The fourth-order valence-electron chi connectivity index (χ4n) is 5.27. The molecule has 1 fully saturated rings. The molecule has 2 aliphatic heterocycles. The minimum Gasteiger partial charge on any atom is -0.475 e. The summed E-state index contributed by atoms with van der Waals surface area (Å²) >= 11 is 0. The number of pyridine rings is 1. The number of hydrogen-bond acceptors (Lipinski definition) is 7. The number of ether oxygens (including phenoxy) is 1. The van der Waals surface area contributed by atoms with Gasteiger partial charge in [0.25, 0.3) is 0 Å². The third-order valence-electron chi connectivity index (χ3n) is 7.23. The Morgan fingerprint density at radius 1 is 1.08 bits per heavy atom. The molecular formula is C27H26N6O4. The van der Waals surface area contributed by atoms with Crippen LogP contribution in [0.15, 0.2) is 42.9 Å². The van der Waals surface area contributed by atoms with Gasteiger partial charge in [0, 0.05) is 86.0 Å². The van der Waals surface area contributed by atoms with E-state index >= 15 is 0 Å². The maximum atomic E-state index is 12.2. The second-order valence-electron chi connectivity index (χ2n) is 9.45. The zero-order valence-electron chi connectivity index (χ0n) is 20.4. The number of aromatic nitrogens is 5. The number of carbonyl (C=O) groups is 2. The number of carboxylic acids is 1. The van der Waals surface area contributed by atoms with E-state index in [2.05, 4.69) is 25.7 Å². The molecule has 1 N–H and O–H groups in total. The van der Waals surface area contributed by atoms with Crippen molar-refractivity contribution in [3.8, 4) is 22.5 Å². The van der Waals surface area contributed by atoms with Gasteiger partial charge in [-0.1, -0.05) is 18.2 Å². The van der Waals surface area contributed by atoms with Crippen LogP contribution >= 0.6 is 0 Å². The molecular weight excluding hydrogens is 472 g/mol.